The number of amides is 3. The number of nitrogens with one attached hydrogen (secondary N) is 3. The van der Waals surface area contributed by atoms with Crippen molar-refractivity contribution in [2.24, 2.45) is 0 Å². The second-order valence-corrected chi connectivity index (χ2v) is 7.14. The molecule has 0 aliphatic carbocycles. The van der Waals surface area contributed by atoms with E-state index in [1.807, 2.05) is 4.72 Å². The molecule has 2 aromatic rings. The number of hydrogen-bond acceptors (Lipinski definition) is 8. The number of anilines is 2. The molecule has 0 aliphatic rings. The maximum absolute atomic E-state index is 12.5. The first-order valence-corrected chi connectivity index (χ1v) is 9.91. The largest absolute Gasteiger partial charge is 0.467 e. The zero-order chi connectivity index (χ0) is 20.0. The lowest BCUT2D eigenvalue weighted by Gasteiger charge is -2.12. The predicted octanol–water partition coefficient (Wildman–Crippen LogP) is 1.03. The second-order valence-electron chi connectivity index (χ2n) is 4.93. The standard InChI is InChI=1S/C14H15BrN6O5S/c1-8-16-12(20-14(17-8)26-2)19-13(23)21-27(24,25)10-6-4-3-5-9(10)18-11(22)7-15/h3-6H,7H2,1-2H3,(H,18,22)(H2,16,17,19,20,21,23). The molecular weight excluding hydrogens is 444 g/mol. The lowest BCUT2D eigenvalue weighted by atomic mass is 10.3. The molecule has 1 aromatic heterocycles. The Kier molecular flexibility index (Phi) is 6.63. The predicted molar refractivity (Wildman–Crippen MR) is 99.3 cm³/mol. The molecule has 1 heterocycles. The Morgan fingerprint density at radius 1 is 1.15 bits per heavy atom. The highest BCUT2D eigenvalue weighted by Crippen LogP contribution is 2.20. The van der Waals surface area contributed by atoms with E-state index in [-0.39, 0.29) is 33.7 Å². The second kappa shape index (κ2) is 8.73. The monoisotopic (exact) mass is 458 g/mol. The van der Waals surface area contributed by atoms with E-state index in [4.69, 9.17) is 4.74 Å². The van der Waals surface area contributed by atoms with E-state index in [1.165, 1.54) is 25.3 Å². The SMILES string of the molecule is COc1nc(C)nc(NC(=O)NS(=O)(=O)c2ccccc2NC(=O)CBr)n1. The first-order valence-electron chi connectivity index (χ1n) is 7.30. The van der Waals surface area contributed by atoms with Crippen molar-refractivity contribution in [3.05, 3.63) is 30.1 Å². The van der Waals surface area contributed by atoms with Crippen molar-refractivity contribution in [2.45, 2.75) is 11.8 Å². The van der Waals surface area contributed by atoms with Gasteiger partial charge in [-0.25, -0.2) is 17.9 Å². The third kappa shape index (κ3) is 5.59. The molecule has 144 valence electrons. The lowest BCUT2D eigenvalue weighted by molar-refractivity contribution is -0.113. The molecule has 0 aliphatic heterocycles. The highest BCUT2D eigenvalue weighted by molar-refractivity contribution is 9.09. The van der Waals surface area contributed by atoms with Crippen LogP contribution in [-0.4, -0.2) is 47.7 Å². The number of aryl methyl sites for hydroxylation is 1. The van der Waals surface area contributed by atoms with Crippen LogP contribution in [0.25, 0.3) is 0 Å². The van der Waals surface area contributed by atoms with Crippen LogP contribution in [0.4, 0.5) is 16.4 Å². The van der Waals surface area contributed by atoms with Crippen LogP contribution >= 0.6 is 15.9 Å². The molecule has 13 heteroatoms. The number of halogens is 1. The molecule has 0 atom stereocenters. The zero-order valence-electron chi connectivity index (χ0n) is 14.2. The van der Waals surface area contributed by atoms with Crippen molar-refractivity contribution in [1.29, 1.82) is 0 Å². The highest BCUT2D eigenvalue weighted by Gasteiger charge is 2.22. The zero-order valence-corrected chi connectivity index (χ0v) is 16.6. The first-order chi connectivity index (χ1) is 12.7. The summed E-state index contributed by atoms with van der Waals surface area (Å²) < 4.78 is 31.7. The summed E-state index contributed by atoms with van der Waals surface area (Å²) in [5.41, 5.74) is 0.0277. The fraction of sp³-hybridized carbons (Fsp3) is 0.214. The van der Waals surface area contributed by atoms with Crippen LogP contribution in [-0.2, 0) is 14.8 Å². The van der Waals surface area contributed by atoms with Gasteiger partial charge in [-0.05, 0) is 19.1 Å². The van der Waals surface area contributed by atoms with Crippen LogP contribution in [0.15, 0.2) is 29.2 Å². The van der Waals surface area contributed by atoms with E-state index in [2.05, 4.69) is 41.5 Å². The smallest absolute Gasteiger partial charge is 0.335 e. The van der Waals surface area contributed by atoms with Crippen molar-refractivity contribution >= 4 is 49.5 Å². The lowest BCUT2D eigenvalue weighted by Crippen LogP contribution is -2.35. The maximum atomic E-state index is 12.5. The van der Waals surface area contributed by atoms with Crippen molar-refractivity contribution in [3.63, 3.8) is 0 Å². The number of carbonyl (C=O) groups excluding carboxylic acids is 2. The molecule has 3 N–H and O–H groups in total. The molecule has 27 heavy (non-hydrogen) atoms. The Balaban J connectivity index is 2.20. The van der Waals surface area contributed by atoms with E-state index >= 15 is 0 Å². The van der Waals surface area contributed by atoms with Gasteiger partial charge in [0.25, 0.3) is 10.0 Å². The summed E-state index contributed by atoms with van der Waals surface area (Å²) in [5.74, 6) is -0.370. The minimum absolute atomic E-state index is 0.0180. The van der Waals surface area contributed by atoms with Gasteiger partial charge in [0.15, 0.2) is 0 Å². The van der Waals surface area contributed by atoms with Crippen molar-refractivity contribution in [3.8, 4) is 6.01 Å². The van der Waals surface area contributed by atoms with Gasteiger partial charge >= 0.3 is 12.0 Å². The van der Waals surface area contributed by atoms with Crippen LogP contribution in [0.3, 0.4) is 0 Å². The molecule has 0 fully saturated rings. The molecule has 3 amide bonds. The fourth-order valence-electron chi connectivity index (χ4n) is 1.90. The third-order valence-corrected chi connectivity index (χ3v) is 4.83. The van der Waals surface area contributed by atoms with Gasteiger partial charge in [0, 0.05) is 0 Å². The van der Waals surface area contributed by atoms with E-state index < -0.39 is 22.0 Å². The minimum Gasteiger partial charge on any atom is -0.467 e. The Bertz CT molecular complexity index is 968. The average Bonchev–Trinajstić information content (AvgIpc) is 2.60. The molecule has 2 rings (SSSR count). The first kappa shape index (κ1) is 20.5. The van der Waals surface area contributed by atoms with Gasteiger partial charge in [-0.1, -0.05) is 28.1 Å². The summed E-state index contributed by atoms with van der Waals surface area (Å²) in [7, 11) is -2.95. The van der Waals surface area contributed by atoms with E-state index in [0.29, 0.717) is 0 Å². The number of urea groups is 1. The normalized spacial score (nSPS) is 10.8. The number of nitrogens with zero attached hydrogens (tertiary/aromatic N) is 3. The quantitative estimate of drug-likeness (QED) is 0.542. The number of aromatic nitrogens is 3. The minimum atomic E-state index is -4.28. The number of hydrogen-bond donors (Lipinski definition) is 3. The average molecular weight is 459 g/mol. The van der Waals surface area contributed by atoms with E-state index in [1.54, 1.807) is 13.0 Å². The van der Waals surface area contributed by atoms with Crippen LogP contribution in [0.5, 0.6) is 6.01 Å². The Labute approximate surface area is 163 Å². The fourth-order valence-corrected chi connectivity index (χ4v) is 3.11. The molecule has 0 radical (unpaired) electrons. The summed E-state index contributed by atoms with van der Waals surface area (Å²) in [6, 6.07) is 4.51. The summed E-state index contributed by atoms with van der Waals surface area (Å²) in [4.78, 5) is 34.8. The van der Waals surface area contributed by atoms with Gasteiger partial charge in [0.1, 0.15) is 10.7 Å². The third-order valence-electron chi connectivity index (χ3n) is 2.93. The summed E-state index contributed by atoms with van der Waals surface area (Å²) in [6.07, 6.45) is 0. The van der Waals surface area contributed by atoms with Crippen molar-refractivity contribution in [2.75, 3.05) is 23.1 Å². The van der Waals surface area contributed by atoms with Crippen molar-refractivity contribution in [1.82, 2.24) is 19.7 Å². The summed E-state index contributed by atoms with van der Waals surface area (Å²) in [6.45, 7) is 1.55. The summed E-state index contributed by atoms with van der Waals surface area (Å²) in [5, 5.41) is 4.60. The number of carbonyl (C=O) groups is 2. The van der Waals surface area contributed by atoms with Gasteiger partial charge in [-0.15, -0.1) is 0 Å². The Morgan fingerprint density at radius 2 is 1.85 bits per heavy atom. The number of ether oxygens (including phenoxy) is 1. The van der Waals surface area contributed by atoms with Gasteiger partial charge in [-0.2, -0.15) is 15.0 Å². The molecule has 0 bridgehead atoms. The summed E-state index contributed by atoms with van der Waals surface area (Å²) >= 11 is 2.97. The van der Waals surface area contributed by atoms with Crippen LogP contribution < -0.4 is 20.1 Å². The number of methoxy groups -OCH3 is 1. The van der Waals surface area contributed by atoms with Gasteiger partial charge < -0.3 is 10.1 Å². The van der Waals surface area contributed by atoms with Gasteiger partial charge in [0.05, 0.1) is 18.1 Å². The van der Waals surface area contributed by atoms with Crippen molar-refractivity contribution < 1.29 is 22.7 Å². The van der Waals surface area contributed by atoms with E-state index in [9.17, 15) is 18.0 Å². The van der Waals surface area contributed by atoms with Crippen LogP contribution in [0.2, 0.25) is 0 Å². The van der Waals surface area contributed by atoms with E-state index in [0.717, 1.165) is 0 Å². The molecular formula is C14H15BrN6O5S. The molecule has 0 spiro atoms. The highest BCUT2D eigenvalue weighted by atomic mass is 79.9. The van der Waals surface area contributed by atoms with Gasteiger partial charge in [-0.3, -0.25) is 10.1 Å². The molecule has 0 unspecified atom stereocenters. The topological polar surface area (TPSA) is 152 Å². The molecule has 0 saturated heterocycles. The Hall–Kier alpha value is -2.80. The molecule has 0 saturated carbocycles. The maximum Gasteiger partial charge on any atom is 0.335 e. The number of alkyl halides is 1. The number of benzene rings is 1. The molecule has 1 aromatic carbocycles. The number of rotatable bonds is 6. The number of para-hydroxylation sites is 1. The Morgan fingerprint density at radius 3 is 2.52 bits per heavy atom. The van der Waals surface area contributed by atoms with Gasteiger partial charge in [0.2, 0.25) is 11.9 Å². The molecule has 11 nitrogen and oxygen atoms in total. The van der Waals surface area contributed by atoms with Crippen LogP contribution in [0.1, 0.15) is 5.82 Å². The number of sulfonamides is 1. The van der Waals surface area contributed by atoms with Crippen LogP contribution in [0, 0.1) is 6.92 Å².